The van der Waals surface area contributed by atoms with Crippen LogP contribution >= 0.6 is 0 Å². The fraction of sp³-hybridized carbons (Fsp3) is 0.464. The summed E-state index contributed by atoms with van der Waals surface area (Å²) in [7, 11) is 0. The van der Waals surface area contributed by atoms with E-state index < -0.39 is 0 Å². The number of nitrogens with zero attached hydrogens (tertiary/aromatic N) is 3. The lowest BCUT2D eigenvalue weighted by Crippen LogP contribution is -1.94. The van der Waals surface area contributed by atoms with Crippen LogP contribution in [0, 0.1) is 0 Å². The SMILES string of the molecule is CCCCCCCc1ccc(-c2ncc(-c3ccc(CCCCCC)cc3)cn2)nc1. The summed E-state index contributed by atoms with van der Waals surface area (Å²) in [5, 5.41) is 0. The summed E-state index contributed by atoms with van der Waals surface area (Å²) in [4.78, 5) is 13.7. The van der Waals surface area contributed by atoms with E-state index in [2.05, 4.69) is 59.1 Å². The molecule has 0 aliphatic rings. The van der Waals surface area contributed by atoms with Crippen LogP contribution in [0.2, 0.25) is 0 Å². The molecule has 164 valence electrons. The zero-order chi connectivity index (χ0) is 21.7. The van der Waals surface area contributed by atoms with Crippen LogP contribution in [0.25, 0.3) is 22.6 Å². The Hall–Kier alpha value is -2.55. The molecule has 0 unspecified atom stereocenters. The zero-order valence-electron chi connectivity index (χ0n) is 19.3. The van der Waals surface area contributed by atoms with E-state index in [0.717, 1.165) is 29.7 Å². The highest BCUT2D eigenvalue weighted by atomic mass is 14.9. The number of benzene rings is 1. The molecule has 0 saturated heterocycles. The van der Waals surface area contributed by atoms with E-state index >= 15 is 0 Å². The van der Waals surface area contributed by atoms with Gasteiger partial charge >= 0.3 is 0 Å². The monoisotopic (exact) mass is 415 g/mol. The third-order valence-corrected chi connectivity index (χ3v) is 5.88. The Labute approximate surface area is 188 Å². The van der Waals surface area contributed by atoms with Gasteiger partial charge in [0.15, 0.2) is 5.82 Å². The van der Waals surface area contributed by atoms with Gasteiger partial charge in [0.25, 0.3) is 0 Å². The molecule has 1 aromatic carbocycles. The van der Waals surface area contributed by atoms with Crippen molar-refractivity contribution in [3.8, 4) is 22.6 Å². The molecule has 0 aliphatic carbocycles. The van der Waals surface area contributed by atoms with E-state index in [1.807, 2.05) is 24.7 Å². The highest BCUT2D eigenvalue weighted by Gasteiger charge is 2.05. The predicted octanol–water partition coefficient (Wildman–Crippen LogP) is 7.84. The summed E-state index contributed by atoms with van der Waals surface area (Å²) in [5.74, 6) is 0.686. The lowest BCUT2D eigenvalue weighted by molar-refractivity contribution is 0.632. The number of hydrogen-bond donors (Lipinski definition) is 0. The van der Waals surface area contributed by atoms with E-state index in [1.165, 1.54) is 68.9 Å². The average Bonchev–Trinajstić information content (AvgIpc) is 2.83. The Morgan fingerprint density at radius 2 is 1.10 bits per heavy atom. The minimum absolute atomic E-state index is 0.686. The van der Waals surface area contributed by atoms with Gasteiger partial charge in [-0.25, -0.2) is 9.97 Å². The summed E-state index contributed by atoms with van der Waals surface area (Å²) in [6, 6.07) is 13.0. The minimum Gasteiger partial charge on any atom is -0.253 e. The largest absolute Gasteiger partial charge is 0.253 e. The molecule has 0 atom stereocenters. The Kier molecular flexibility index (Phi) is 9.69. The van der Waals surface area contributed by atoms with Crippen molar-refractivity contribution in [3.63, 3.8) is 0 Å². The number of hydrogen-bond acceptors (Lipinski definition) is 3. The first-order valence-corrected chi connectivity index (χ1v) is 12.2. The molecule has 3 nitrogen and oxygen atoms in total. The number of pyridine rings is 1. The summed E-state index contributed by atoms with van der Waals surface area (Å²) < 4.78 is 0. The van der Waals surface area contributed by atoms with Crippen molar-refractivity contribution in [1.29, 1.82) is 0 Å². The van der Waals surface area contributed by atoms with Crippen molar-refractivity contribution >= 4 is 0 Å². The van der Waals surface area contributed by atoms with Crippen molar-refractivity contribution in [1.82, 2.24) is 15.0 Å². The third kappa shape index (κ3) is 7.57. The van der Waals surface area contributed by atoms with Gasteiger partial charge in [-0.1, -0.05) is 89.1 Å². The van der Waals surface area contributed by atoms with E-state index in [9.17, 15) is 0 Å². The van der Waals surface area contributed by atoms with Crippen molar-refractivity contribution in [3.05, 3.63) is 66.1 Å². The maximum atomic E-state index is 4.59. The molecule has 0 amide bonds. The summed E-state index contributed by atoms with van der Waals surface area (Å²) in [6.45, 7) is 4.51. The van der Waals surface area contributed by atoms with Crippen LogP contribution in [0.1, 0.15) is 82.8 Å². The van der Waals surface area contributed by atoms with Crippen LogP contribution in [0.3, 0.4) is 0 Å². The molecular formula is C28H37N3. The van der Waals surface area contributed by atoms with Crippen LogP contribution in [-0.4, -0.2) is 15.0 Å². The molecule has 0 radical (unpaired) electrons. The van der Waals surface area contributed by atoms with Gasteiger partial charge in [-0.2, -0.15) is 0 Å². The second-order valence-corrected chi connectivity index (χ2v) is 8.52. The van der Waals surface area contributed by atoms with Gasteiger partial charge in [-0.15, -0.1) is 0 Å². The van der Waals surface area contributed by atoms with Crippen molar-refractivity contribution in [2.75, 3.05) is 0 Å². The molecule has 31 heavy (non-hydrogen) atoms. The minimum atomic E-state index is 0.686. The quantitative estimate of drug-likeness (QED) is 0.267. The summed E-state index contributed by atoms with van der Waals surface area (Å²) in [6.07, 6.45) is 19.8. The highest BCUT2D eigenvalue weighted by molar-refractivity contribution is 5.63. The van der Waals surface area contributed by atoms with Gasteiger partial charge in [-0.05, 0) is 48.4 Å². The summed E-state index contributed by atoms with van der Waals surface area (Å²) >= 11 is 0. The smallest absolute Gasteiger partial charge is 0.178 e. The highest BCUT2D eigenvalue weighted by Crippen LogP contribution is 2.21. The molecule has 2 heterocycles. The molecule has 0 saturated carbocycles. The van der Waals surface area contributed by atoms with Gasteiger partial charge in [0.05, 0.1) is 0 Å². The van der Waals surface area contributed by atoms with Crippen LogP contribution in [0.15, 0.2) is 55.0 Å². The molecule has 3 heteroatoms. The summed E-state index contributed by atoms with van der Waals surface area (Å²) in [5.41, 5.74) is 5.75. The first-order chi connectivity index (χ1) is 15.3. The Morgan fingerprint density at radius 3 is 1.71 bits per heavy atom. The second kappa shape index (κ2) is 13.0. The molecule has 0 aliphatic heterocycles. The molecule has 2 aromatic heterocycles. The Balaban J connectivity index is 1.53. The Morgan fingerprint density at radius 1 is 0.516 bits per heavy atom. The zero-order valence-corrected chi connectivity index (χ0v) is 19.3. The van der Waals surface area contributed by atoms with Crippen LogP contribution in [-0.2, 0) is 12.8 Å². The van der Waals surface area contributed by atoms with E-state index in [0.29, 0.717) is 5.82 Å². The Bertz CT molecular complexity index is 868. The fourth-order valence-corrected chi connectivity index (χ4v) is 3.87. The van der Waals surface area contributed by atoms with Crippen molar-refractivity contribution < 1.29 is 0 Å². The number of rotatable bonds is 13. The molecular weight excluding hydrogens is 378 g/mol. The lowest BCUT2D eigenvalue weighted by Gasteiger charge is -2.06. The van der Waals surface area contributed by atoms with Gasteiger partial charge < -0.3 is 0 Å². The van der Waals surface area contributed by atoms with Crippen LogP contribution in [0.5, 0.6) is 0 Å². The van der Waals surface area contributed by atoms with E-state index in [-0.39, 0.29) is 0 Å². The molecule has 0 bridgehead atoms. The molecule has 0 spiro atoms. The van der Waals surface area contributed by atoms with Crippen LogP contribution in [0.4, 0.5) is 0 Å². The molecule has 0 N–H and O–H groups in total. The molecule has 0 fully saturated rings. The second-order valence-electron chi connectivity index (χ2n) is 8.52. The number of aromatic nitrogens is 3. The van der Waals surface area contributed by atoms with E-state index in [4.69, 9.17) is 0 Å². The molecule has 3 aromatic rings. The lowest BCUT2D eigenvalue weighted by atomic mass is 10.0. The normalized spacial score (nSPS) is 11.0. The number of unbranched alkanes of at least 4 members (excludes halogenated alkanes) is 7. The van der Waals surface area contributed by atoms with Crippen LogP contribution < -0.4 is 0 Å². The van der Waals surface area contributed by atoms with Crippen molar-refractivity contribution in [2.24, 2.45) is 0 Å². The first-order valence-electron chi connectivity index (χ1n) is 12.2. The van der Waals surface area contributed by atoms with Gasteiger partial charge in [-0.3, -0.25) is 4.98 Å². The van der Waals surface area contributed by atoms with E-state index in [1.54, 1.807) is 0 Å². The maximum absolute atomic E-state index is 4.59. The van der Waals surface area contributed by atoms with Gasteiger partial charge in [0.1, 0.15) is 5.69 Å². The average molecular weight is 416 g/mol. The van der Waals surface area contributed by atoms with Crippen molar-refractivity contribution in [2.45, 2.75) is 84.5 Å². The first kappa shape index (κ1) is 23.1. The third-order valence-electron chi connectivity index (χ3n) is 5.88. The molecule has 3 rings (SSSR count). The maximum Gasteiger partial charge on any atom is 0.178 e. The van der Waals surface area contributed by atoms with Gasteiger partial charge in [0.2, 0.25) is 0 Å². The fourth-order valence-electron chi connectivity index (χ4n) is 3.87. The topological polar surface area (TPSA) is 38.7 Å². The standard InChI is InChI=1S/C28H37N3/c1-3-5-7-9-11-13-24-16-19-27(29-20-24)28-30-21-26(22-31-28)25-17-14-23(15-18-25)12-10-8-6-4-2/h14-22H,3-13H2,1-2H3. The number of aryl methyl sites for hydroxylation is 2. The van der Waals surface area contributed by atoms with Gasteiger partial charge in [0, 0.05) is 24.2 Å². The predicted molar refractivity (Wildman–Crippen MR) is 131 cm³/mol.